The largest absolute Gasteiger partial charge is 0.393 e. The van der Waals surface area contributed by atoms with Gasteiger partial charge in [-0.2, -0.15) is 13.2 Å². The zero-order valence-electron chi connectivity index (χ0n) is 8.28. The molecule has 0 saturated heterocycles. The first-order valence-corrected chi connectivity index (χ1v) is 4.44. The summed E-state index contributed by atoms with van der Waals surface area (Å²) in [5.74, 6) is 0. The lowest BCUT2D eigenvalue weighted by atomic mass is 9.82. The summed E-state index contributed by atoms with van der Waals surface area (Å²) in [7, 11) is 0. The van der Waals surface area contributed by atoms with Gasteiger partial charge in [0.15, 0.2) is 0 Å². The van der Waals surface area contributed by atoms with Crippen LogP contribution in [0.4, 0.5) is 13.2 Å². The van der Waals surface area contributed by atoms with Crippen LogP contribution in [0.25, 0.3) is 0 Å². The normalized spacial score (nSPS) is 15.9. The van der Waals surface area contributed by atoms with Gasteiger partial charge < -0.3 is 5.11 Å². The van der Waals surface area contributed by atoms with Crippen LogP contribution in [0.15, 0.2) is 0 Å². The third-order valence-corrected chi connectivity index (χ3v) is 2.51. The molecule has 0 aromatic rings. The monoisotopic (exact) mass is 198 g/mol. The molecular weight excluding hydrogens is 181 g/mol. The molecule has 0 saturated carbocycles. The first-order valence-electron chi connectivity index (χ1n) is 4.44. The highest BCUT2D eigenvalue weighted by Gasteiger charge is 2.32. The summed E-state index contributed by atoms with van der Waals surface area (Å²) in [6, 6.07) is 0. The van der Waals surface area contributed by atoms with Gasteiger partial charge in [-0.05, 0) is 18.3 Å². The molecule has 0 aliphatic rings. The van der Waals surface area contributed by atoms with Crippen LogP contribution in [0, 0.1) is 5.41 Å². The topological polar surface area (TPSA) is 20.2 Å². The predicted octanol–water partition coefficient (Wildman–Crippen LogP) is 3.13. The second-order valence-corrected chi connectivity index (χ2v) is 4.01. The van der Waals surface area contributed by atoms with E-state index in [1.807, 2.05) is 6.92 Å². The molecule has 0 heterocycles. The minimum atomic E-state index is -4.16. The smallest absolute Gasteiger partial charge is 0.389 e. The Morgan fingerprint density at radius 3 is 2.00 bits per heavy atom. The van der Waals surface area contributed by atoms with Crippen molar-refractivity contribution < 1.29 is 18.3 Å². The van der Waals surface area contributed by atoms with Crippen molar-refractivity contribution in [1.29, 1.82) is 0 Å². The fraction of sp³-hybridized carbons (Fsp3) is 1.00. The maximum atomic E-state index is 11.8. The molecule has 1 N–H and O–H groups in total. The Labute approximate surface area is 76.9 Å². The Morgan fingerprint density at radius 1 is 1.23 bits per heavy atom. The summed E-state index contributed by atoms with van der Waals surface area (Å²) < 4.78 is 35.4. The fourth-order valence-corrected chi connectivity index (χ4v) is 0.927. The highest BCUT2D eigenvalue weighted by atomic mass is 19.4. The van der Waals surface area contributed by atoms with E-state index < -0.39 is 24.1 Å². The van der Waals surface area contributed by atoms with Gasteiger partial charge in [-0.25, -0.2) is 0 Å². The van der Waals surface area contributed by atoms with E-state index in [-0.39, 0.29) is 6.42 Å². The van der Waals surface area contributed by atoms with Crippen LogP contribution in [0.2, 0.25) is 0 Å². The van der Waals surface area contributed by atoms with Crippen molar-refractivity contribution >= 4 is 0 Å². The highest BCUT2D eigenvalue weighted by Crippen LogP contribution is 2.31. The van der Waals surface area contributed by atoms with Crippen molar-refractivity contribution in [3.8, 4) is 0 Å². The van der Waals surface area contributed by atoms with Crippen molar-refractivity contribution in [3.05, 3.63) is 0 Å². The third kappa shape index (κ3) is 5.13. The number of aliphatic hydroxyl groups is 1. The molecule has 0 spiro atoms. The van der Waals surface area contributed by atoms with E-state index in [1.165, 1.54) is 0 Å². The van der Waals surface area contributed by atoms with Crippen LogP contribution in [-0.2, 0) is 0 Å². The number of halogens is 3. The average molecular weight is 198 g/mol. The molecule has 0 fully saturated rings. The van der Waals surface area contributed by atoms with Crippen molar-refractivity contribution in [2.45, 2.75) is 52.3 Å². The maximum absolute atomic E-state index is 11.8. The van der Waals surface area contributed by atoms with Gasteiger partial charge in [-0.3, -0.25) is 0 Å². The lowest BCUT2D eigenvalue weighted by Crippen LogP contribution is -2.29. The Balaban J connectivity index is 3.95. The average Bonchev–Trinajstić information content (AvgIpc) is 1.98. The number of aliphatic hydroxyl groups excluding tert-OH is 1. The van der Waals surface area contributed by atoms with Gasteiger partial charge in [0.25, 0.3) is 0 Å². The Kier molecular flexibility index (Phi) is 4.23. The molecule has 0 aromatic carbocycles. The number of hydrogen-bond donors (Lipinski definition) is 1. The second-order valence-electron chi connectivity index (χ2n) is 4.01. The van der Waals surface area contributed by atoms with Crippen molar-refractivity contribution in [2.24, 2.45) is 5.41 Å². The molecule has 0 amide bonds. The number of hydrogen-bond acceptors (Lipinski definition) is 1. The number of alkyl halides is 3. The first-order chi connectivity index (χ1) is 5.69. The zero-order chi connectivity index (χ0) is 10.7. The van der Waals surface area contributed by atoms with Gasteiger partial charge in [0.2, 0.25) is 0 Å². The lowest BCUT2D eigenvalue weighted by Gasteiger charge is -2.29. The van der Waals surface area contributed by atoms with Crippen molar-refractivity contribution in [1.82, 2.24) is 0 Å². The molecule has 80 valence electrons. The van der Waals surface area contributed by atoms with E-state index in [0.29, 0.717) is 6.42 Å². The number of rotatable bonds is 4. The van der Waals surface area contributed by atoms with E-state index >= 15 is 0 Å². The fourth-order valence-electron chi connectivity index (χ4n) is 0.927. The minimum Gasteiger partial charge on any atom is -0.393 e. The summed E-state index contributed by atoms with van der Waals surface area (Å²) in [5.41, 5.74) is -0.425. The molecule has 0 rings (SSSR count). The first kappa shape index (κ1) is 12.8. The van der Waals surface area contributed by atoms with Crippen LogP contribution >= 0.6 is 0 Å². The van der Waals surface area contributed by atoms with Crippen LogP contribution in [-0.4, -0.2) is 17.4 Å². The third-order valence-electron chi connectivity index (χ3n) is 2.51. The van der Waals surface area contributed by atoms with Gasteiger partial charge in [0.1, 0.15) is 0 Å². The van der Waals surface area contributed by atoms with Gasteiger partial charge in [0, 0.05) is 6.42 Å². The van der Waals surface area contributed by atoms with E-state index in [1.54, 1.807) is 13.8 Å². The SMILES string of the molecule is CCC(C)(C)C(O)CCC(F)(F)F. The molecule has 0 bridgehead atoms. The second kappa shape index (κ2) is 4.31. The Bertz CT molecular complexity index is 151. The molecule has 1 unspecified atom stereocenters. The summed E-state index contributed by atoms with van der Waals surface area (Å²) in [5, 5.41) is 9.44. The molecular formula is C9H17F3O. The molecule has 0 radical (unpaired) electrons. The van der Waals surface area contributed by atoms with Gasteiger partial charge >= 0.3 is 6.18 Å². The van der Waals surface area contributed by atoms with Crippen LogP contribution in [0.1, 0.15) is 40.0 Å². The quantitative estimate of drug-likeness (QED) is 0.735. The van der Waals surface area contributed by atoms with Crippen LogP contribution in [0.5, 0.6) is 0 Å². The van der Waals surface area contributed by atoms with Gasteiger partial charge in [0.05, 0.1) is 6.10 Å². The molecule has 0 aromatic heterocycles. The van der Waals surface area contributed by atoms with Crippen LogP contribution < -0.4 is 0 Å². The van der Waals surface area contributed by atoms with E-state index in [0.717, 1.165) is 0 Å². The zero-order valence-corrected chi connectivity index (χ0v) is 8.28. The highest BCUT2D eigenvalue weighted by molar-refractivity contribution is 4.76. The van der Waals surface area contributed by atoms with Gasteiger partial charge in [-0.15, -0.1) is 0 Å². The molecule has 1 nitrogen and oxygen atoms in total. The molecule has 13 heavy (non-hydrogen) atoms. The van der Waals surface area contributed by atoms with Crippen LogP contribution in [0.3, 0.4) is 0 Å². The maximum Gasteiger partial charge on any atom is 0.389 e. The van der Waals surface area contributed by atoms with Gasteiger partial charge in [-0.1, -0.05) is 20.8 Å². The summed E-state index contributed by atoms with van der Waals surface area (Å²) in [6.07, 6.45) is -5.47. The predicted molar refractivity (Wildman–Crippen MR) is 45.4 cm³/mol. The summed E-state index contributed by atoms with van der Waals surface area (Å²) in [6.45, 7) is 5.40. The molecule has 0 aliphatic carbocycles. The minimum absolute atomic E-state index is 0.204. The van der Waals surface area contributed by atoms with Crippen molar-refractivity contribution in [2.75, 3.05) is 0 Å². The molecule has 4 heteroatoms. The summed E-state index contributed by atoms with van der Waals surface area (Å²) >= 11 is 0. The lowest BCUT2D eigenvalue weighted by molar-refractivity contribution is -0.143. The van der Waals surface area contributed by atoms with E-state index in [2.05, 4.69) is 0 Å². The Hall–Kier alpha value is -0.250. The Morgan fingerprint density at radius 2 is 1.69 bits per heavy atom. The standard InChI is InChI=1S/C9H17F3O/c1-4-8(2,3)7(13)5-6-9(10,11)12/h7,13H,4-6H2,1-3H3. The molecule has 0 aliphatic heterocycles. The summed E-state index contributed by atoms with van der Waals surface area (Å²) in [4.78, 5) is 0. The van der Waals surface area contributed by atoms with E-state index in [9.17, 15) is 18.3 Å². The van der Waals surface area contributed by atoms with E-state index in [4.69, 9.17) is 0 Å². The van der Waals surface area contributed by atoms with Crippen molar-refractivity contribution in [3.63, 3.8) is 0 Å². The molecule has 1 atom stereocenters.